The van der Waals surface area contributed by atoms with Crippen molar-refractivity contribution < 1.29 is 14.3 Å². The van der Waals surface area contributed by atoms with Gasteiger partial charge in [-0.3, -0.25) is 0 Å². The molecule has 1 saturated heterocycles. The third kappa shape index (κ3) is 3.96. The molecule has 0 radical (unpaired) electrons. The van der Waals surface area contributed by atoms with Crippen molar-refractivity contribution in [1.82, 2.24) is 9.88 Å². The summed E-state index contributed by atoms with van der Waals surface area (Å²) in [5, 5.41) is 0.937. The lowest BCUT2D eigenvalue weighted by atomic mass is 10.1. The van der Waals surface area contributed by atoms with Crippen LogP contribution in [-0.4, -0.2) is 29.1 Å². The highest BCUT2D eigenvalue weighted by molar-refractivity contribution is 7.18. The fourth-order valence-corrected chi connectivity index (χ4v) is 3.85. The zero-order chi connectivity index (χ0) is 17.8. The molecule has 0 N–H and O–H groups in total. The largest absolute Gasteiger partial charge is 0.486 e. The van der Waals surface area contributed by atoms with Crippen LogP contribution >= 0.6 is 11.3 Å². The van der Waals surface area contributed by atoms with Crippen LogP contribution in [0.2, 0.25) is 0 Å². The normalized spacial score (nSPS) is 14.4. The predicted molar refractivity (Wildman–Crippen MR) is 102 cm³/mol. The van der Waals surface area contributed by atoms with E-state index in [4.69, 9.17) is 9.47 Å². The van der Waals surface area contributed by atoms with E-state index in [1.165, 1.54) is 6.42 Å². The number of nitrogens with zero attached hydrogens (tertiary/aromatic N) is 2. The molecule has 4 rings (SSSR count). The van der Waals surface area contributed by atoms with Crippen molar-refractivity contribution in [2.24, 2.45) is 0 Å². The summed E-state index contributed by atoms with van der Waals surface area (Å²) in [6, 6.07) is 15.2. The van der Waals surface area contributed by atoms with Gasteiger partial charge >= 0.3 is 6.09 Å². The van der Waals surface area contributed by atoms with E-state index < -0.39 is 0 Å². The Morgan fingerprint density at radius 2 is 1.73 bits per heavy atom. The molecule has 0 spiro atoms. The molecule has 1 aliphatic heterocycles. The Balaban J connectivity index is 1.33. The first-order valence-corrected chi connectivity index (χ1v) is 9.64. The SMILES string of the molecule is O=C(Oc1ccc(OCc2nc3ccccc3s2)cc1)N1CCCCC1. The second kappa shape index (κ2) is 7.74. The zero-order valence-electron chi connectivity index (χ0n) is 14.4. The summed E-state index contributed by atoms with van der Waals surface area (Å²) in [4.78, 5) is 18.4. The maximum absolute atomic E-state index is 12.1. The molecule has 0 saturated carbocycles. The highest BCUT2D eigenvalue weighted by Gasteiger charge is 2.18. The Kier molecular flexibility index (Phi) is 5.02. The van der Waals surface area contributed by atoms with E-state index in [0.717, 1.165) is 46.9 Å². The van der Waals surface area contributed by atoms with Crippen molar-refractivity contribution in [3.05, 3.63) is 53.5 Å². The topological polar surface area (TPSA) is 51.7 Å². The van der Waals surface area contributed by atoms with Crippen molar-refractivity contribution in [2.45, 2.75) is 25.9 Å². The maximum Gasteiger partial charge on any atom is 0.415 e. The summed E-state index contributed by atoms with van der Waals surface area (Å²) in [7, 11) is 0. The minimum absolute atomic E-state index is 0.271. The molecule has 6 heteroatoms. The minimum Gasteiger partial charge on any atom is -0.486 e. The van der Waals surface area contributed by atoms with Crippen LogP contribution in [0.25, 0.3) is 10.2 Å². The first kappa shape index (κ1) is 16.8. The second-order valence-electron chi connectivity index (χ2n) is 6.25. The molecule has 134 valence electrons. The predicted octanol–water partition coefficient (Wildman–Crippen LogP) is 4.86. The molecule has 1 amide bonds. The summed E-state index contributed by atoms with van der Waals surface area (Å²) >= 11 is 1.63. The standard InChI is InChI=1S/C20H20N2O3S/c23-20(22-12-4-1-5-13-22)25-16-10-8-15(9-11-16)24-14-19-21-17-6-2-3-7-18(17)26-19/h2-3,6-11H,1,4-5,12-14H2. The first-order valence-electron chi connectivity index (χ1n) is 8.82. The van der Waals surface area contributed by atoms with Gasteiger partial charge in [0.2, 0.25) is 0 Å². The van der Waals surface area contributed by atoms with Gasteiger partial charge in [0.1, 0.15) is 23.1 Å². The maximum atomic E-state index is 12.1. The number of likely N-dealkylation sites (tertiary alicyclic amines) is 1. The van der Waals surface area contributed by atoms with Gasteiger partial charge in [0, 0.05) is 13.1 Å². The van der Waals surface area contributed by atoms with E-state index in [9.17, 15) is 4.79 Å². The van der Waals surface area contributed by atoms with Crippen LogP contribution in [0, 0.1) is 0 Å². The fraction of sp³-hybridized carbons (Fsp3) is 0.300. The van der Waals surface area contributed by atoms with Crippen molar-refractivity contribution in [3.63, 3.8) is 0 Å². The number of rotatable bonds is 4. The van der Waals surface area contributed by atoms with Crippen LogP contribution in [0.3, 0.4) is 0 Å². The van der Waals surface area contributed by atoms with Crippen LogP contribution in [0.4, 0.5) is 4.79 Å². The minimum atomic E-state index is -0.271. The smallest absolute Gasteiger partial charge is 0.415 e. The van der Waals surface area contributed by atoms with E-state index in [2.05, 4.69) is 11.1 Å². The van der Waals surface area contributed by atoms with Crippen LogP contribution < -0.4 is 9.47 Å². The first-order chi connectivity index (χ1) is 12.8. The average Bonchev–Trinajstić information content (AvgIpc) is 3.11. The molecule has 1 aliphatic rings. The Labute approximate surface area is 156 Å². The van der Waals surface area contributed by atoms with E-state index in [1.54, 1.807) is 28.4 Å². The number of para-hydroxylation sites is 1. The highest BCUT2D eigenvalue weighted by atomic mass is 32.1. The molecule has 2 aromatic carbocycles. The number of carbonyl (C=O) groups excluding carboxylic acids is 1. The van der Waals surface area contributed by atoms with E-state index in [-0.39, 0.29) is 6.09 Å². The van der Waals surface area contributed by atoms with Crippen molar-refractivity contribution in [1.29, 1.82) is 0 Å². The van der Waals surface area contributed by atoms with Crippen molar-refractivity contribution in [3.8, 4) is 11.5 Å². The van der Waals surface area contributed by atoms with Crippen molar-refractivity contribution >= 4 is 27.6 Å². The second-order valence-corrected chi connectivity index (χ2v) is 7.37. The van der Waals surface area contributed by atoms with Crippen LogP contribution in [0.5, 0.6) is 11.5 Å². The zero-order valence-corrected chi connectivity index (χ0v) is 15.2. The molecular formula is C20H20N2O3S. The lowest BCUT2D eigenvalue weighted by molar-refractivity contribution is 0.142. The number of piperidine rings is 1. The number of aromatic nitrogens is 1. The molecule has 0 atom stereocenters. The van der Waals surface area contributed by atoms with Gasteiger partial charge in [-0.2, -0.15) is 0 Å². The summed E-state index contributed by atoms with van der Waals surface area (Å²) in [5.41, 5.74) is 0.996. The summed E-state index contributed by atoms with van der Waals surface area (Å²) in [6.07, 6.45) is 3.01. The Morgan fingerprint density at radius 3 is 2.50 bits per heavy atom. The highest BCUT2D eigenvalue weighted by Crippen LogP contribution is 2.24. The summed E-state index contributed by atoms with van der Waals surface area (Å²) < 4.78 is 12.4. The number of hydrogen-bond donors (Lipinski definition) is 0. The molecule has 0 bridgehead atoms. The number of thiazole rings is 1. The number of benzene rings is 2. The van der Waals surface area contributed by atoms with Crippen molar-refractivity contribution in [2.75, 3.05) is 13.1 Å². The molecule has 0 aliphatic carbocycles. The number of hydrogen-bond acceptors (Lipinski definition) is 5. The molecular weight excluding hydrogens is 348 g/mol. The molecule has 5 nitrogen and oxygen atoms in total. The number of fused-ring (bicyclic) bond motifs is 1. The molecule has 26 heavy (non-hydrogen) atoms. The molecule has 2 heterocycles. The Morgan fingerprint density at radius 1 is 1.00 bits per heavy atom. The van der Waals surface area contributed by atoms with Gasteiger partial charge in [-0.15, -0.1) is 11.3 Å². The lowest BCUT2D eigenvalue weighted by Crippen LogP contribution is -2.37. The van der Waals surface area contributed by atoms with E-state index in [0.29, 0.717) is 12.4 Å². The fourth-order valence-electron chi connectivity index (χ4n) is 2.97. The van der Waals surface area contributed by atoms with Crippen LogP contribution in [0.15, 0.2) is 48.5 Å². The van der Waals surface area contributed by atoms with Gasteiger partial charge < -0.3 is 14.4 Å². The monoisotopic (exact) mass is 368 g/mol. The van der Waals surface area contributed by atoms with E-state index in [1.807, 2.05) is 30.3 Å². The third-order valence-corrected chi connectivity index (χ3v) is 5.35. The van der Waals surface area contributed by atoms with Crippen LogP contribution in [0.1, 0.15) is 24.3 Å². The quantitative estimate of drug-likeness (QED) is 0.660. The van der Waals surface area contributed by atoms with Crippen LogP contribution in [-0.2, 0) is 6.61 Å². The van der Waals surface area contributed by atoms with Gasteiger partial charge in [0.15, 0.2) is 0 Å². The molecule has 0 unspecified atom stereocenters. The molecule has 1 fully saturated rings. The van der Waals surface area contributed by atoms with E-state index >= 15 is 0 Å². The lowest BCUT2D eigenvalue weighted by Gasteiger charge is -2.25. The molecule has 1 aromatic heterocycles. The molecule has 3 aromatic rings. The van der Waals surface area contributed by atoms with Gasteiger partial charge in [-0.25, -0.2) is 9.78 Å². The average molecular weight is 368 g/mol. The number of carbonyl (C=O) groups is 1. The summed E-state index contributed by atoms with van der Waals surface area (Å²) in [6.45, 7) is 1.98. The van der Waals surface area contributed by atoms with Gasteiger partial charge in [-0.05, 0) is 55.7 Å². The van der Waals surface area contributed by atoms with Gasteiger partial charge in [-0.1, -0.05) is 12.1 Å². The third-order valence-electron chi connectivity index (χ3n) is 4.34. The number of ether oxygens (including phenoxy) is 2. The van der Waals surface area contributed by atoms with Gasteiger partial charge in [0.05, 0.1) is 10.2 Å². The number of amides is 1. The Bertz CT molecular complexity index is 852. The Hall–Kier alpha value is -2.60. The van der Waals surface area contributed by atoms with Gasteiger partial charge in [0.25, 0.3) is 0 Å². The summed E-state index contributed by atoms with van der Waals surface area (Å²) in [5.74, 6) is 1.26.